The lowest BCUT2D eigenvalue weighted by molar-refractivity contribution is -0.384. The molecule has 0 atom stereocenters. The van der Waals surface area contributed by atoms with Gasteiger partial charge in [0, 0.05) is 12.3 Å². The van der Waals surface area contributed by atoms with Gasteiger partial charge in [0.1, 0.15) is 11.6 Å². The SMILES string of the molecule is N#Cc1cnc(NC2(C(=O)O)CCC2)c([N+](=O)[O-])c1. The molecule has 1 aliphatic rings. The lowest BCUT2D eigenvalue weighted by Gasteiger charge is -2.38. The highest BCUT2D eigenvalue weighted by atomic mass is 16.6. The molecule has 2 N–H and O–H groups in total. The Morgan fingerprint density at radius 1 is 1.63 bits per heavy atom. The summed E-state index contributed by atoms with van der Waals surface area (Å²) in [6, 6.07) is 2.82. The first-order valence-corrected chi connectivity index (χ1v) is 5.55. The molecule has 0 bridgehead atoms. The third kappa shape index (κ3) is 2.18. The smallest absolute Gasteiger partial charge is 0.329 e. The average Bonchev–Trinajstić information content (AvgIpc) is 2.33. The molecule has 19 heavy (non-hydrogen) atoms. The van der Waals surface area contributed by atoms with E-state index in [9.17, 15) is 14.9 Å². The number of aromatic nitrogens is 1. The predicted octanol–water partition coefficient (Wildman–Crippen LogP) is 1.28. The quantitative estimate of drug-likeness (QED) is 0.617. The van der Waals surface area contributed by atoms with Gasteiger partial charge >= 0.3 is 11.7 Å². The van der Waals surface area contributed by atoms with Crippen LogP contribution in [0.4, 0.5) is 11.5 Å². The van der Waals surface area contributed by atoms with Crippen LogP contribution in [0.1, 0.15) is 24.8 Å². The Bertz CT molecular complexity index is 589. The van der Waals surface area contributed by atoms with Crippen LogP contribution in [0.5, 0.6) is 0 Å². The molecule has 0 saturated heterocycles. The maximum atomic E-state index is 11.2. The first-order valence-electron chi connectivity index (χ1n) is 5.55. The molecule has 0 unspecified atom stereocenters. The van der Waals surface area contributed by atoms with Crippen molar-refractivity contribution in [1.82, 2.24) is 4.98 Å². The molecule has 0 spiro atoms. The largest absolute Gasteiger partial charge is 0.480 e. The van der Waals surface area contributed by atoms with Crippen LogP contribution in [0.2, 0.25) is 0 Å². The maximum absolute atomic E-state index is 11.2. The molecule has 1 aliphatic carbocycles. The zero-order chi connectivity index (χ0) is 14.0. The first-order chi connectivity index (χ1) is 8.98. The summed E-state index contributed by atoms with van der Waals surface area (Å²) >= 11 is 0. The Morgan fingerprint density at radius 2 is 2.32 bits per heavy atom. The standard InChI is InChI=1S/C11H10N4O4/c12-5-7-4-8(15(18)19)9(13-6-7)14-11(10(16)17)2-1-3-11/h4,6H,1-3H2,(H,13,14)(H,16,17). The van der Waals surface area contributed by atoms with Gasteiger partial charge in [-0.3, -0.25) is 10.1 Å². The van der Waals surface area contributed by atoms with Crippen molar-refractivity contribution in [3.05, 3.63) is 27.9 Å². The lowest BCUT2D eigenvalue weighted by atomic mass is 9.77. The number of nitriles is 1. The molecule has 1 aromatic rings. The number of nitrogens with one attached hydrogen (secondary N) is 1. The van der Waals surface area contributed by atoms with Crippen LogP contribution in [-0.2, 0) is 4.79 Å². The molecule has 0 aliphatic heterocycles. The maximum Gasteiger partial charge on any atom is 0.329 e. The van der Waals surface area contributed by atoms with Gasteiger partial charge in [-0.05, 0) is 19.3 Å². The summed E-state index contributed by atoms with van der Waals surface area (Å²) in [7, 11) is 0. The number of hydrogen-bond donors (Lipinski definition) is 2. The number of carboxylic acid groups (broad SMARTS) is 1. The second-order valence-electron chi connectivity index (χ2n) is 4.33. The van der Waals surface area contributed by atoms with E-state index in [2.05, 4.69) is 10.3 Å². The van der Waals surface area contributed by atoms with Crippen molar-refractivity contribution >= 4 is 17.5 Å². The summed E-state index contributed by atoms with van der Waals surface area (Å²) in [6.07, 6.45) is 2.69. The van der Waals surface area contributed by atoms with Gasteiger partial charge in [0.15, 0.2) is 0 Å². The fourth-order valence-corrected chi connectivity index (χ4v) is 1.90. The van der Waals surface area contributed by atoms with Crippen molar-refractivity contribution in [2.45, 2.75) is 24.8 Å². The van der Waals surface area contributed by atoms with Crippen LogP contribution in [0.25, 0.3) is 0 Å². The highest BCUT2D eigenvalue weighted by molar-refractivity contribution is 5.84. The molecule has 1 saturated carbocycles. The molecular formula is C11H10N4O4. The number of anilines is 1. The van der Waals surface area contributed by atoms with Gasteiger partial charge in [0.2, 0.25) is 5.82 Å². The molecule has 1 aromatic heterocycles. The molecule has 0 amide bonds. The zero-order valence-electron chi connectivity index (χ0n) is 9.79. The predicted molar refractivity (Wildman–Crippen MR) is 63.4 cm³/mol. The minimum Gasteiger partial charge on any atom is -0.480 e. The lowest BCUT2D eigenvalue weighted by Crippen LogP contribution is -2.52. The minimum absolute atomic E-state index is 0.0511. The number of nitro groups is 1. The third-order valence-corrected chi connectivity index (χ3v) is 3.17. The van der Waals surface area contributed by atoms with Crippen molar-refractivity contribution in [1.29, 1.82) is 5.26 Å². The summed E-state index contributed by atoms with van der Waals surface area (Å²) in [5, 5.41) is 31.4. The van der Waals surface area contributed by atoms with E-state index in [4.69, 9.17) is 10.4 Å². The van der Waals surface area contributed by atoms with Crippen molar-refractivity contribution < 1.29 is 14.8 Å². The monoisotopic (exact) mass is 262 g/mol. The number of hydrogen-bond acceptors (Lipinski definition) is 6. The van der Waals surface area contributed by atoms with E-state index in [-0.39, 0.29) is 11.4 Å². The molecule has 1 fully saturated rings. The normalized spacial score (nSPS) is 15.9. The second-order valence-corrected chi connectivity index (χ2v) is 4.33. The minimum atomic E-state index is -1.19. The van der Waals surface area contributed by atoms with Gasteiger partial charge in [-0.1, -0.05) is 0 Å². The average molecular weight is 262 g/mol. The Hall–Kier alpha value is -2.69. The van der Waals surface area contributed by atoms with Crippen LogP contribution >= 0.6 is 0 Å². The second kappa shape index (κ2) is 4.53. The van der Waals surface area contributed by atoms with E-state index < -0.39 is 22.1 Å². The Balaban J connectivity index is 2.37. The van der Waals surface area contributed by atoms with E-state index in [1.54, 1.807) is 6.07 Å². The topological polar surface area (TPSA) is 129 Å². The summed E-state index contributed by atoms with van der Waals surface area (Å²) in [5.41, 5.74) is -1.53. The zero-order valence-corrected chi connectivity index (χ0v) is 9.79. The summed E-state index contributed by atoms with van der Waals surface area (Å²) in [6.45, 7) is 0. The van der Waals surface area contributed by atoms with Gasteiger partial charge < -0.3 is 10.4 Å². The molecule has 8 nitrogen and oxygen atoms in total. The number of pyridine rings is 1. The Labute approximate surface area is 107 Å². The van der Waals surface area contributed by atoms with Gasteiger partial charge in [-0.25, -0.2) is 9.78 Å². The number of carbonyl (C=O) groups is 1. The molecule has 1 heterocycles. The first kappa shape index (κ1) is 12.8. The number of nitrogens with zero attached hydrogens (tertiary/aromatic N) is 3. The highest BCUT2D eigenvalue weighted by Crippen LogP contribution is 2.37. The Morgan fingerprint density at radius 3 is 2.74 bits per heavy atom. The molecule has 0 aromatic carbocycles. The summed E-state index contributed by atoms with van der Waals surface area (Å²) in [5.74, 6) is -1.18. The molecule has 8 heteroatoms. The van der Waals surface area contributed by atoms with E-state index in [0.717, 1.165) is 12.5 Å². The number of carboxylic acids is 1. The van der Waals surface area contributed by atoms with Crippen LogP contribution in [0, 0.1) is 21.4 Å². The van der Waals surface area contributed by atoms with Gasteiger partial charge in [0.05, 0.1) is 10.5 Å². The van der Waals surface area contributed by atoms with Crippen molar-refractivity contribution in [2.75, 3.05) is 5.32 Å². The number of rotatable bonds is 4. The van der Waals surface area contributed by atoms with Crippen LogP contribution < -0.4 is 5.32 Å². The molecular weight excluding hydrogens is 252 g/mol. The van der Waals surface area contributed by atoms with Gasteiger partial charge in [-0.15, -0.1) is 0 Å². The van der Waals surface area contributed by atoms with Crippen LogP contribution in [-0.4, -0.2) is 26.5 Å². The van der Waals surface area contributed by atoms with Crippen LogP contribution in [0.3, 0.4) is 0 Å². The van der Waals surface area contributed by atoms with E-state index in [0.29, 0.717) is 12.8 Å². The summed E-state index contributed by atoms with van der Waals surface area (Å²) in [4.78, 5) is 25.2. The van der Waals surface area contributed by atoms with Gasteiger partial charge in [-0.2, -0.15) is 5.26 Å². The molecule has 98 valence electrons. The molecule has 2 rings (SSSR count). The van der Waals surface area contributed by atoms with Crippen molar-refractivity contribution in [3.8, 4) is 6.07 Å². The fourth-order valence-electron chi connectivity index (χ4n) is 1.90. The third-order valence-electron chi connectivity index (χ3n) is 3.17. The van der Waals surface area contributed by atoms with Crippen LogP contribution in [0.15, 0.2) is 12.3 Å². The molecule has 0 radical (unpaired) electrons. The van der Waals surface area contributed by atoms with E-state index in [1.165, 1.54) is 6.20 Å². The summed E-state index contributed by atoms with van der Waals surface area (Å²) < 4.78 is 0. The van der Waals surface area contributed by atoms with E-state index in [1.807, 2.05) is 0 Å². The van der Waals surface area contributed by atoms with Crippen molar-refractivity contribution in [2.24, 2.45) is 0 Å². The van der Waals surface area contributed by atoms with Gasteiger partial charge in [0.25, 0.3) is 0 Å². The Kier molecular flexibility index (Phi) is 3.04. The van der Waals surface area contributed by atoms with E-state index >= 15 is 0 Å². The fraction of sp³-hybridized carbons (Fsp3) is 0.364. The number of aliphatic carboxylic acids is 1. The highest BCUT2D eigenvalue weighted by Gasteiger charge is 2.45. The van der Waals surface area contributed by atoms with Crippen molar-refractivity contribution in [3.63, 3.8) is 0 Å².